The van der Waals surface area contributed by atoms with Crippen LogP contribution in [0.5, 0.6) is 0 Å². The Hall–Kier alpha value is -2.61. The van der Waals surface area contributed by atoms with Crippen molar-refractivity contribution in [2.24, 2.45) is 0 Å². The van der Waals surface area contributed by atoms with Crippen LogP contribution in [-0.2, 0) is 4.79 Å². The molecule has 1 aromatic heterocycles. The number of nitrogens with one attached hydrogen (secondary N) is 1. The van der Waals surface area contributed by atoms with E-state index in [4.69, 9.17) is 4.52 Å². The molecule has 21 heavy (non-hydrogen) atoms. The fraction of sp³-hybridized carbons (Fsp3) is 0.312. The van der Waals surface area contributed by atoms with E-state index in [0.29, 0.717) is 5.58 Å². The third kappa shape index (κ3) is 2.95. The molecule has 0 unspecified atom stereocenters. The van der Waals surface area contributed by atoms with Crippen LogP contribution < -0.4 is 5.32 Å². The van der Waals surface area contributed by atoms with Gasteiger partial charge in [0, 0.05) is 11.4 Å². The van der Waals surface area contributed by atoms with Gasteiger partial charge in [-0.25, -0.2) is 0 Å². The maximum absolute atomic E-state index is 12.1. The Bertz CT molecular complexity index is 733. The summed E-state index contributed by atoms with van der Waals surface area (Å²) in [6, 6.07) is 7.59. The average Bonchev–Trinajstić information content (AvgIpc) is 3.14. The van der Waals surface area contributed by atoms with Crippen molar-refractivity contribution in [1.82, 2.24) is 10.5 Å². The lowest BCUT2D eigenvalue weighted by molar-refractivity contribution is -0.117. The Morgan fingerprint density at radius 3 is 3.00 bits per heavy atom. The van der Waals surface area contributed by atoms with Gasteiger partial charge < -0.3 is 9.84 Å². The Morgan fingerprint density at radius 2 is 2.24 bits per heavy atom. The van der Waals surface area contributed by atoms with Gasteiger partial charge in [0.2, 0.25) is 0 Å². The van der Waals surface area contributed by atoms with Gasteiger partial charge in [-0.3, -0.25) is 4.79 Å². The van der Waals surface area contributed by atoms with E-state index in [1.165, 1.54) is 0 Å². The number of hydrogen-bond acceptors (Lipinski definition) is 4. The summed E-state index contributed by atoms with van der Waals surface area (Å²) >= 11 is 0. The molecule has 0 aliphatic heterocycles. The number of benzene rings is 1. The molecule has 3 rings (SSSR count). The number of nitrogens with zero attached hydrogens (tertiary/aromatic N) is 2. The van der Waals surface area contributed by atoms with Gasteiger partial charge in [0.15, 0.2) is 5.58 Å². The molecule has 1 aromatic carbocycles. The number of nitriles is 1. The zero-order valence-electron chi connectivity index (χ0n) is 11.5. The molecule has 1 fully saturated rings. The van der Waals surface area contributed by atoms with E-state index in [1.54, 1.807) is 24.4 Å². The van der Waals surface area contributed by atoms with Crippen molar-refractivity contribution >= 4 is 23.0 Å². The first-order chi connectivity index (χ1) is 10.3. The van der Waals surface area contributed by atoms with Crippen molar-refractivity contribution in [2.75, 3.05) is 0 Å². The molecule has 0 atom stereocenters. The first-order valence-corrected chi connectivity index (χ1v) is 7.03. The SMILES string of the molecule is N#CC(=Cc1ccc2oncc2c1)C(=O)NC1CCCC1. The van der Waals surface area contributed by atoms with E-state index in [-0.39, 0.29) is 17.5 Å². The van der Waals surface area contributed by atoms with Gasteiger partial charge in [-0.15, -0.1) is 0 Å². The molecule has 0 bridgehead atoms. The maximum Gasteiger partial charge on any atom is 0.262 e. The predicted molar refractivity (Wildman–Crippen MR) is 78.0 cm³/mol. The van der Waals surface area contributed by atoms with Crippen LogP contribution in [0.4, 0.5) is 0 Å². The van der Waals surface area contributed by atoms with Gasteiger partial charge >= 0.3 is 0 Å². The summed E-state index contributed by atoms with van der Waals surface area (Å²) in [5.74, 6) is -0.296. The van der Waals surface area contributed by atoms with Gasteiger partial charge in [-0.05, 0) is 36.6 Å². The lowest BCUT2D eigenvalue weighted by Crippen LogP contribution is -2.33. The molecule has 0 spiro atoms. The van der Waals surface area contributed by atoms with Crippen molar-refractivity contribution in [3.63, 3.8) is 0 Å². The monoisotopic (exact) mass is 281 g/mol. The normalized spacial score (nSPS) is 16.0. The van der Waals surface area contributed by atoms with E-state index in [0.717, 1.165) is 36.6 Å². The third-order valence-electron chi connectivity index (χ3n) is 3.74. The molecule has 5 nitrogen and oxygen atoms in total. The van der Waals surface area contributed by atoms with Crippen molar-refractivity contribution in [1.29, 1.82) is 5.26 Å². The van der Waals surface area contributed by atoms with Crippen LogP contribution in [0.2, 0.25) is 0 Å². The van der Waals surface area contributed by atoms with Gasteiger partial charge in [0.05, 0.1) is 6.20 Å². The highest BCUT2D eigenvalue weighted by molar-refractivity contribution is 6.02. The molecule has 0 radical (unpaired) electrons. The first kappa shape index (κ1) is 13.4. The average molecular weight is 281 g/mol. The molecule has 1 aliphatic carbocycles. The Kier molecular flexibility index (Phi) is 3.69. The largest absolute Gasteiger partial charge is 0.356 e. The highest BCUT2D eigenvalue weighted by Gasteiger charge is 2.19. The van der Waals surface area contributed by atoms with Crippen LogP contribution in [0, 0.1) is 11.3 Å². The number of hydrogen-bond donors (Lipinski definition) is 1. The highest BCUT2D eigenvalue weighted by atomic mass is 16.5. The lowest BCUT2D eigenvalue weighted by Gasteiger charge is -2.10. The minimum atomic E-state index is -0.296. The third-order valence-corrected chi connectivity index (χ3v) is 3.74. The van der Waals surface area contributed by atoms with E-state index in [2.05, 4.69) is 10.5 Å². The zero-order valence-corrected chi connectivity index (χ0v) is 11.5. The maximum atomic E-state index is 12.1. The van der Waals surface area contributed by atoms with Crippen LogP contribution in [-0.4, -0.2) is 17.1 Å². The van der Waals surface area contributed by atoms with E-state index in [1.807, 2.05) is 12.1 Å². The Morgan fingerprint density at radius 1 is 1.43 bits per heavy atom. The molecule has 1 N–H and O–H groups in total. The summed E-state index contributed by atoms with van der Waals surface area (Å²) < 4.78 is 5.03. The Balaban J connectivity index is 1.80. The van der Waals surface area contributed by atoms with Crippen LogP contribution in [0.3, 0.4) is 0 Å². The standard InChI is InChI=1S/C16H15N3O2/c17-9-12(16(20)19-14-3-1-2-4-14)7-11-5-6-15-13(8-11)10-18-21-15/h5-8,10,14H,1-4H2,(H,19,20). The smallest absolute Gasteiger partial charge is 0.262 e. The van der Waals surface area contributed by atoms with Crippen LogP contribution in [0.15, 0.2) is 34.5 Å². The van der Waals surface area contributed by atoms with Gasteiger partial charge in [-0.1, -0.05) is 24.1 Å². The van der Waals surface area contributed by atoms with Gasteiger partial charge in [-0.2, -0.15) is 5.26 Å². The van der Waals surface area contributed by atoms with Crippen molar-refractivity contribution < 1.29 is 9.32 Å². The molecular formula is C16H15N3O2. The fourth-order valence-corrected chi connectivity index (χ4v) is 2.63. The predicted octanol–water partition coefficient (Wildman–Crippen LogP) is 2.79. The van der Waals surface area contributed by atoms with Crippen molar-refractivity contribution in [2.45, 2.75) is 31.7 Å². The lowest BCUT2D eigenvalue weighted by atomic mass is 10.1. The minimum Gasteiger partial charge on any atom is -0.356 e. The molecule has 1 heterocycles. The highest BCUT2D eigenvalue weighted by Crippen LogP contribution is 2.19. The van der Waals surface area contributed by atoms with Crippen LogP contribution >= 0.6 is 0 Å². The second-order valence-electron chi connectivity index (χ2n) is 5.25. The molecule has 1 amide bonds. The summed E-state index contributed by atoms with van der Waals surface area (Å²) in [5, 5.41) is 16.7. The van der Waals surface area contributed by atoms with Gasteiger partial charge in [0.25, 0.3) is 5.91 Å². The number of rotatable bonds is 3. The summed E-state index contributed by atoms with van der Waals surface area (Å²) in [4.78, 5) is 12.1. The fourth-order valence-electron chi connectivity index (χ4n) is 2.63. The second-order valence-corrected chi connectivity index (χ2v) is 5.25. The van der Waals surface area contributed by atoms with Crippen molar-refractivity contribution in [3.8, 4) is 6.07 Å². The zero-order chi connectivity index (χ0) is 14.7. The van der Waals surface area contributed by atoms with E-state index in [9.17, 15) is 10.1 Å². The molecule has 0 saturated heterocycles. The molecule has 1 aliphatic rings. The molecular weight excluding hydrogens is 266 g/mol. The number of fused-ring (bicyclic) bond motifs is 1. The van der Waals surface area contributed by atoms with Crippen LogP contribution in [0.25, 0.3) is 17.0 Å². The summed E-state index contributed by atoms with van der Waals surface area (Å²) in [6.45, 7) is 0. The van der Waals surface area contributed by atoms with Crippen molar-refractivity contribution in [3.05, 3.63) is 35.5 Å². The topological polar surface area (TPSA) is 78.9 Å². The Labute approximate surface area is 122 Å². The van der Waals surface area contributed by atoms with Gasteiger partial charge in [0.1, 0.15) is 11.6 Å². The molecule has 5 heteroatoms. The minimum absolute atomic E-state index is 0.123. The van der Waals surface area contributed by atoms with Crippen LogP contribution in [0.1, 0.15) is 31.2 Å². The number of amides is 1. The summed E-state index contributed by atoms with van der Waals surface area (Å²) in [5.41, 5.74) is 1.59. The number of carbonyl (C=O) groups excluding carboxylic acids is 1. The first-order valence-electron chi connectivity index (χ1n) is 7.03. The summed E-state index contributed by atoms with van der Waals surface area (Å²) in [7, 11) is 0. The quantitative estimate of drug-likeness (QED) is 0.693. The second kappa shape index (κ2) is 5.80. The molecule has 1 saturated carbocycles. The summed E-state index contributed by atoms with van der Waals surface area (Å²) in [6.07, 6.45) is 7.48. The van der Waals surface area contributed by atoms with E-state index >= 15 is 0 Å². The molecule has 106 valence electrons. The molecule has 2 aromatic rings. The van der Waals surface area contributed by atoms with E-state index < -0.39 is 0 Å². The number of aromatic nitrogens is 1. The number of carbonyl (C=O) groups is 1.